The number of hydrogen-bond donors (Lipinski definition) is 0. The van der Waals surface area contributed by atoms with Gasteiger partial charge in [0.05, 0.1) is 25.5 Å². The van der Waals surface area contributed by atoms with E-state index in [1.807, 2.05) is 0 Å². The van der Waals surface area contributed by atoms with E-state index in [0.717, 1.165) is 22.9 Å². The molecule has 1 heterocycles. The molecule has 0 atom stereocenters. The Hall–Kier alpha value is -3.73. The van der Waals surface area contributed by atoms with Crippen molar-refractivity contribution in [2.24, 2.45) is 0 Å². The Kier molecular flexibility index (Phi) is 7.06. The van der Waals surface area contributed by atoms with Gasteiger partial charge in [0.25, 0.3) is 5.56 Å². The van der Waals surface area contributed by atoms with Crippen molar-refractivity contribution in [2.75, 3.05) is 13.7 Å². The molecule has 1 aromatic heterocycles. The summed E-state index contributed by atoms with van der Waals surface area (Å²) in [5.41, 5.74) is 0.359. The molecular formula is C23H23FN2O7S. The first-order valence-electron chi connectivity index (χ1n) is 10.2. The number of rotatable bonds is 7. The normalized spacial score (nSPS) is 11.2. The van der Waals surface area contributed by atoms with Gasteiger partial charge in [-0.05, 0) is 74.7 Å². The number of aromatic nitrogens is 2. The maximum absolute atomic E-state index is 13.3. The summed E-state index contributed by atoms with van der Waals surface area (Å²) < 4.78 is 56.0. The molecule has 0 aliphatic heterocycles. The lowest BCUT2D eigenvalue weighted by Gasteiger charge is -2.17. The number of benzene rings is 2. The van der Waals surface area contributed by atoms with E-state index in [0.29, 0.717) is 22.4 Å². The average molecular weight is 491 g/mol. The Balaban J connectivity index is 2.16. The van der Waals surface area contributed by atoms with Crippen molar-refractivity contribution >= 4 is 16.1 Å². The molecule has 34 heavy (non-hydrogen) atoms. The Morgan fingerprint density at radius 1 is 1.09 bits per heavy atom. The van der Waals surface area contributed by atoms with Crippen LogP contribution in [-0.2, 0) is 14.9 Å². The van der Waals surface area contributed by atoms with Crippen molar-refractivity contribution in [3.05, 3.63) is 75.0 Å². The molecular weight excluding hydrogens is 467 g/mol. The van der Waals surface area contributed by atoms with Gasteiger partial charge in [0.1, 0.15) is 16.5 Å². The highest BCUT2D eigenvalue weighted by Gasteiger charge is 2.28. The molecule has 180 valence electrons. The molecule has 0 unspecified atom stereocenters. The molecule has 0 radical (unpaired) electrons. The van der Waals surface area contributed by atoms with Crippen LogP contribution in [0.15, 0.2) is 46.1 Å². The SMILES string of the molecule is CCOC(=O)c1nn(-c2ccc(F)cc2)c(=O)cc1OS(=O)(=O)c1cc(C)c(OC)c(C)c1C. The van der Waals surface area contributed by atoms with Crippen LogP contribution in [0.1, 0.15) is 34.1 Å². The van der Waals surface area contributed by atoms with Gasteiger partial charge < -0.3 is 13.7 Å². The fraction of sp³-hybridized carbons (Fsp3) is 0.261. The van der Waals surface area contributed by atoms with Gasteiger partial charge in [0, 0.05) is 0 Å². The van der Waals surface area contributed by atoms with E-state index in [-0.39, 0.29) is 17.2 Å². The predicted octanol–water partition coefficient (Wildman–Crippen LogP) is 3.25. The van der Waals surface area contributed by atoms with Crippen LogP contribution in [0.5, 0.6) is 11.5 Å². The molecule has 0 saturated heterocycles. The topological polar surface area (TPSA) is 114 Å². The summed E-state index contributed by atoms with van der Waals surface area (Å²) in [6, 6.07) is 6.98. The molecule has 0 N–H and O–H groups in total. The van der Waals surface area contributed by atoms with Crippen LogP contribution >= 0.6 is 0 Å². The molecule has 0 bridgehead atoms. The van der Waals surface area contributed by atoms with E-state index in [2.05, 4.69) is 5.10 Å². The molecule has 2 aromatic carbocycles. The van der Waals surface area contributed by atoms with Crippen molar-refractivity contribution in [3.8, 4) is 17.2 Å². The second-order valence-electron chi connectivity index (χ2n) is 7.32. The third kappa shape index (κ3) is 4.79. The number of nitrogens with zero attached hydrogens (tertiary/aromatic N) is 2. The summed E-state index contributed by atoms with van der Waals surface area (Å²) in [7, 11) is -3.01. The smallest absolute Gasteiger partial charge is 0.362 e. The minimum Gasteiger partial charge on any atom is -0.496 e. The molecule has 9 nitrogen and oxygen atoms in total. The van der Waals surface area contributed by atoms with Crippen molar-refractivity contribution in [1.82, 2.24) is 9.78 Å². The minimum absolute atomic E-state index is 0.0294. The lowest BCUT2D eigenvalue weighted by Crippen LogP contribution is -2.26. The Labute approximate surface area is 195 Å². The lowest BCUT2D eigenvalue weighted by atomic mass is 10.1. The second-order valence-corrected chi connectivity index (χ2v) is 8.83. The zero-order valence-corrected chi connectivity index (χ0v) is 20.0. The van der Waals surface area contributed by atoms with Crippen LogP contribution in [0.25, 0.3) is 5.69 Å². The lowest BCUT2D eigenvalue weighted by molar-refractivity contribution is 0.0515. The van der Waals surface area contributed by atoms with Crippen LogP contribution in [0.3, 0.4) is 0 Å². The van der Waals surface area contributed by atoms with Gasteiger partial charge in [0.2, 0.25) is 5.69 Å². The minimum atomic E-state index is -4.49. The maximum Gasteiger partial charge on any atom is 0.362 e. The third-order valence-corrected chi connectivity index (χ3v) is 6.45. The third-order valence-electron chi connectivity index (χ3n) is 5.09. The molecule has 0 aliphatic carbocycles. The van der Waals surface area contributed by atoms with Crippen molar-refractivity contribution in [2.45, 2.75) is 32.6 Å². The highest BCUT2D eigenvalue weighted by molar-refractivity contribution is 7.87. The molecule has 0 spiro atoms. The molecule has 3 aromatic rings. The maximum atomic E-state index is 13.3. The first kappa shape index (κ1) is 24.9. The van der Waals surface area contributed by atoms with Gasteiger partial charge in [-0.2, -0.15) is 18.2 Å². The number of ether oxygens (including phenoxy) is 2. The van der Waals surface area contributed by atoms with Crippen LogP contribution < -0.4 is 14.5 Å². The zero-order valence-electron chi connectivity index (χ0n) is 19.2. The van der Waals surface area contributed by atoms with Gasteiger partial charge in [-0.15, -0.1) is 0 Å². The quantitative estimate of drug-likeness (QED) is 0.366. The van der Waals surface area contributed by atoms with Crippen molar-refractivity contribution in [1.29, 1.82) is 0 Å². The van der Waals surface area contributed by atoms with E-state index in [1.54, 1.807) is 27.7 Å². The van der Waals surface area contributed by atoms with E-state index >= 15 is 0 Å². The summed E-state index contributed by atoms with van der Waals surface area (Å²) in [5.74, 6) is -1.59. The number of hydrogen-bond acceptors (Lipinski definition) is 8. The first-order valence-corrected chi connectivity index (χ1v) is 11.6. The first-order chi connectivity index (χ1) is 16.0. The van der Waals surface area contributed by atoms with E-state index in [4.69, 9.17) is 13.7 Å². The Bertz CT molecular complexity index is 1410. The number of carbonyl (C=O) groups excluding carboxylic acids is 1. The summed E-state index contributed by atoms with van der Waals surface area (Å²) >= 11 is 0. The van der Waals surface area contributed by atoms with Crippen LogP contribution in [-0.4, -0.2) is 37.9 Å². The largest absolute Gasteiger partial charge is 0.496 e. The highest BCUT2D eigenvalue weighted by Crippen LogP contribution is 2.32. The molecule has 11 heteroatoms. The van der Waals surface area contributed by atoms with Crippen molar-refractivity contribution in [3.63, 3.8) is 0 Å². The molecule has 0 aliphatic rings. The summed E-state index contributed by atoms with van der Waals surface area (Å²) in [5, 5.41) is 3.95. The monoisotopic (exact) mass is 490 g/mol. The number of esters is 1. The summed E-state index contributed by atoms with van der Waals surface area (Å²) in [4.78, 5) is 25.1. The number of methoxy groups -OCH3 is 1. The molecule has 0 saturated carbocycles. The number of aryl methyl sites for hydroxylation is 1. The van der Waals surface area contributed by atoms with E-state index < -0.39 is 38.9 Å². The van der Waals surface area contributed by atoms with Gasteiger partial charge in [-0.3, -0.25) is 4.79 Å². The molecule has 3 rings (SSSR count). The zero-order chi connectivity index (χ0) is 25.2. The second kappa shape index (κ2) is 9.64. The Morgan fingerprint density at radius 3 is 2.32 bits per heavy atom. The van der Waals surface area contributed by atoms with Crippen LogP contribution in [0.2, 0.25) is 0 Å². The standard InChI is InChI=1S/C23H23FN2O7S/c1-6-32-23(28)21-18(12-20(27)26(25-21)17-9-7-16(24)8-10-17)33-34(29,30)19-11-13(2)22(31-5)15(4)14(19)3/h7-12H,6H2,1-5H3. The van der Waals surface area contributed by atoms with Gasteiger partial charge >= 0.3 is 16.1 Å². The fourth-order valence-electron chi connectivity index (χ4n) is 3.37. The highest BCUT2D eigenvalue weighted by atomic mass is 32.2. The fourth-order valence-corrected chi connectivity index (χ4v) is 4.67. The van der Waals surface area contributed by atoms with Gasteiger partial charge in [-0.1, -0.05) is 0 Å². The Morgan fingerprint density at radius 2 is 1.74 bits per heavy atom. The predicted molar refractivity (Wildman–Crippen MR) is 121 cm³/mol. The average Bonchev–Trinajstić information content (AvgIpc) is 2.77. The summed E-state index contributed by atoms with van der Waals surface area (Å²) in [6.07, 6.45) is 0. The summed E-state index contributed by atoms with van der Waals surface area (Å²) in [6.45, 7) is 6.50. The van der Waals surface area contributed by atoms with Gasteiger partial charge in [-0.25, -0.2) is 9.18 Å². The number of halogens is 1. The van der Waals surface area contributed by atoms with E-state index in [9.17, 15) is 22.4 Å². The molecule has 0 amide bonds. The van der Waals surface area contributed by atoms with Crippen LogP contribution in [0.4, 0.5) is 4.39 Å². The van der Waals surface area contributed by atoms with Crippen molar-refractivity contribution < 1.29 is 31.3 Å². The van der Waals surface area contributed by atoms with E-state index in [1.165, 1.54) is 25.3 Å². The van der Waals surface area contributed by atoms with Gasteiger partial charge in [0.15, 0.2) is 5.75 Å². The molecule has 0 fully saturated rings. The number of carbonyl (C=O) groups is 1. The van der Waals surface area contributed by atoms with Crippen LogP contribution in [0, 0.1) is 26.6 Å².